The first kappa shape index (κ1) is 19.4. The molecule has 1 N–H and O–H groups in total. The first-order valence-corrected chi connectivity index (χ1v) is 10.1. The molecule has 0 spiro atoms. The molecule has 1 aromatic carbocycles. The minimum atomic E-state index is -0.362. The lowest BCUT2D eigenvalue weighted by Crippen LogP contribution is -2.41. The number of imidazole rings is 1. The Morgan fingerprint density at radius 3 is 2.76 bits per heavy atom. The quantitative estimate of drug-likeness (QED) is 0.700. The maximum absolute atomic E-state index is 13.3. The highest BCUT2D eigenvalue weighted by atomic mass is 19.1. The van der Waals surface area contributed by atoms with Crippen molar-refractivity contribution < 1.29 is 9.18 Å². The van der Waals surface area contributed by atoms with E-state index in [0.717, 1.165) is 36.3 Å². The van der Waals surface area contributed by atoms with Gasteiger partial charge in [0, 0.05) is 37.4 Å². The second-order valence-electron chi connectivity index (χ2n) is 8.00. The van der Waals surface area contributed by atoms with Crippen molar-refractivity contribution in [2.75, 3.05) is 18.4 Å². The van der Waals surface area contributed by atoms with Gasteiger partial charge in [-0.1, -0.05) is 19.9 Å². The van der Waals surface area contributed by atoms with E-state index in [-0.39, 0.29) is 17.9 Å². The lowest BCUT2D eigenvalue weighted by molar-refractivity contribution is 0.183. The normalized spacial score (nSPS) is 15.2. The fraction of sp³-hybridized carbons (Fsp3) is 0.409. The molecule has 29 heavy (non-hydrogen) atoms. The van der Waals surface area contributed by atoms with Gasteiger partial charge in [0.25, 0.3) is 0 Å². The van der Waals surface area contributed by atoms with Crippen molar-refractivity contribution in [3.63, 3.8) is 0 Å². The number of urea groups is 1. The Morgan fingerprint density at radius 1 is 1.24 bits per heavy atom. The largest absolute Gasteiger partial charge is 0.324 e. The Balaban J connectivity index is 1.47. The summed E-state index contributed by atoms with van der Waals surface area (Å²) in [7, 11) is 0. The van der Waals surface area contributed by atoms with Gasteiger partial charge in [-0.15, -0.1) is 0 Å². The van der Waals surface area contributed by atoms with Crippen LogP contribution in [0, 0.1) is 11.7 Å². The van der Waals surface area contributed by atoms with E-state index >= 15 is 0 Å². The Kier molecular flexibility index (Phi) is 5.47. The van der Waals surface area contributed by atoms with Crippen molar-refractivity contribution in [3.05, 3.63) is 54.2 Å². The van der Waals surface area contributed by atoms with Crippen LogP contribution in [0.5, 0.6) is 0 Å². The van der Waals surface area contributed by atoms with Crippen LogP contribution in [-0.2, 0) is 6.42 Å². The van der Waals surface area contributed by atoms with Crippen LogP contribution in [0.4, 0.5) is 14.9 Å². The van der Waals surface area contributed by atoms with Crippen molar-refractivity contribution in [1.29, 1.82) is 0 Å². The number of hydrogen-bond donors (Lipinski definition) is 1. The lowest BCUT2D eigenvalue weighted by Gasteiger charge is -2.33. The van der Waals surface area contributed by atoms with E-state index in [9.17, 15) is 9.18 Å². The molecule has 0 radical (unpaired) electrons. The fourth-order valence-corrected chi connectivity index (χ4v) is 3.97. The van der Waals surface area contributed by atoms with Crippen LogP contribution in [0.15, 0.2) is 42.6 Å². The first-order chi connectivity index (χ1) is 14.0. The maximum Gasteiger partial charge on any atom is 0.321 e. The zero-order valence-corrected chi connectivity index (χ0v) is 16.8. The Labute approximate surface area is 169 Å². The van der Waals surface area contributed by atoms with Crippen molar-refractivity contribution >= 4 is 22.9 Å². The van der Waals surface area contributed by atoms with E-state index in [1.54, 1.807) is 23.2 Å². The molecule has 0 atom stereocenters. The maximum atomic E-state index is 13.3. The highest BCUT2D eigenvalue weighted by molar-refractivity contribution is 5.89. The molecule has 3 heterocycles. The van der Waals surface area contributed by atoms with Crippen molar-refractivity contribution in [2.45, 2.75) is 39.2 Å². The van der Waals surface area contributed by atoms with E-state index in [1.807, 2.05) is 12.1 Å². The number of fused-ring (bicyclic) bond motifs is 1. The van der Waals surface area contributed by atoms with Crippen molar-refractivity contribution in [1.82, 2.24) is 19.4 Å². The van der Waals surface area contributed by atoms with Gasteiger partial charge in [0.2, 0.25) is 0 Å². The summed E-state index contributed by atoms with van der Waals surface area (Å²) >= 11 is 0. The van der Waals surface area contributed by atoms with Crippen LogP contribution in [0.3, 0.4) is 0 Å². The molecule has 7 heteroatoms. The molecule has 3 aromatic rings. The van der Waals surface area contributed by atoms with Gasteiger partial charge < -0.3 is 14.8 Å². The standard InChI is InChI=1S/C22H26FN5O/c1-15(2)13-20-26-19-7-4-10-24-21(19)28(20)18-8-11-27(12-9-18)22(29)25-17-6-3-5-16(23)14-17/h3-7,10,14-15,18H,8-9,11-13H2,1-2H3,(H,25,29). The summed E-state index contributed by atoms with van der Waals surface area (Å²) in [4.78, 5) is 23.7. The van der Waals surface area contributed by atoms with Gasteiger partial charge in [-0.05, 0) is 49.1 Å². The van der Waals surface area contributed by atoms with Gasteiger partial charge in [0.15, 0.2) is 5.65 Å². The van der Waals surface area contributed by atoms with Crippen LogP contribution in [0.2, 0.25) is 0 Å². The van der Waals surface area contributed by atoms with E-state index in [4.69, 9.17) is 4.98 Å². The van der Waals surface area contributed by atoms with E-state index in [2.05, 4.69) is 28.7 Å². The third kappa shape index (κ3) is 4.23. The predicted molar refractivity (Wildman–Crippen MR) is 111 cm³/mol. The molecule has 0 saturated carbocycles. The number of pyridine rings is 1. The summed E-state index contributed by atoms with van der Waals surface area (Å²) in [5.41, 5.74) is 2.32. The number of piperidine rings is 1. The number of carbonyl (C=O) groups is 1. The Bertz CT molecular complexity index is 1010. The molecular formula is C22H26FN5O. The summed E-state index contributed by atoms with van der Waals surface area (Å²) in [6.07, 6.45) is 4.38. The molecule has 0 bridgehead atoms. The summed E-state index contributed by atoms with van der Waals surface area (Å²) in [6.45, 7) is 5.66. The average Bonchev–Trinajstić information content (AvgIpc) is 3.05. The molecule has 1 aliphatic heterocycles. The second kappa shape index (κ2) is 8.19. The van der Waals surface area contributed by atoms with Crippen molar-refractivity contribution in [2.24, 2.45) is 5.92 Å². The molecule has 4 rings (SSSR count). The molecular weight excluding hydrogens is 369 g/mol. The number of carbonyl (C=O) groups excluding carboxylic acids is 1. The number of anilines is 1. The zero-order valence-electron chi connectivity index (χ0n) is 16.8. The molecule has 1 aliphatic rings. The Hall–Kier alpha value is -2.96. The zero-order chi connectivity index (χ0) is 20.4. The summed E-state index contributed by atoms with van der Waals surface area (Å²) in [5.74, 6) is 1.21. The van der Waals surface area contributed by atoms with E-state index in [1.165, 1.54) is 12.1 Å². The van der Waals surface area contributed by atoms with Crippen LogP contribution in [0.1, 0.15) is 38.6 Å². The number of hydrogen-bond acceptors (Lipinski definition) is 3. The number of aromatic nitrogens is 3. The van der Waals surface area contributed by atoms with E-state index in [0.29, 0.717) is 24.7 Å². The third-order valence-electron chi connectivity index (χ3n) is 5.31. The van der Waals surface area contributed by atoms with Gasteiger partial charge >= 0.3 is 6.03 Å². The predicted octanol–water partition coefficient (Wildman–Crippen LogP) is 4.64. The second-order valence-corrected chi connectivity index (χ2v) is 8.00. The first-order valence-electron chi connectivity index (χ1n) is 10.1. The number of amides is 2. The third-order valence-corrected chi connectivity index (χ3v) is 5.31. The number of rotatable bonds is 4. The molecule has 0 unspecified atom stereocenters. The molecule has 1 fully saturated rings. The number of nitrogens with one attached hydrogen (secondary N) is 1. The topological polar surface area (TPSA) is 63.1 Å². The molecule has 0 aliphatic carbocycles. The Morgan fingerprint density at radius 2 is 2.03 bits per heavy atom. The highest BCUT2D eigenvalue weighted by Crippen LogP contribution is 2.29. The van der Waals surface area contributed by atoms with Gasteiger partial charge in [-0.2, -0.15) is 0 Å². The summed E-state index contributed by atoms with van der Waals surface area (Å²) < 4.78 is 15.6. The van der Waals surface area contributed by atoms with Gasteiger partial charge in [-0.3, -0.25) is 0 Å². The van der Waals surface area contributed by atoms with Crippen LogP contribution in [0.25, 0.3) is 11.2 Å². The lowest BCUT2D eigenvalue weighted by atomic mass is 10.0. The number of halogens is 1. The summed E-state index contributed by atoms with van der Waals surface area (Å²) in [5, 5.41) is 2.78. The average molecular weight is 395 g/mol. The minimum Gasteiger partial charge on any atom is -0.324 e. The van der Waals surface area contributed by atoms with Crippen LogP contribution >= 0.6 is 0 Å². The number of nitrogens with zero attached hydrogens (tertiary/aromatic N) is 4. The minimum absolute atomic E-state index is 0.190. The van der Waals surface area contributed by atoms with Gasteiger partial charge in [-0.25, -0.2) is 19.2 Å². The number of likely N-dealkylation sites (tertiary alicyclic amines) is 1. The monoisotopic (exact) mass is 395 g/mol. The van der Waals surface area contributed by atoms with Crippen LogP contribution < -0.4 is 5.32 Å². The van der Waals surface area contributed by atoms with E-state index < -0.39 is 0 Å². The molecule has 152 valence electrons. The highest BCUT2D eigenvalue weighted by Gasteiger charge is 2.27. The SMILES string of the molecule is CC(C)Cc1nc2cccnc2n1C1CCN(C(=O)Nc2cccc(F)c2)CC1. The molecule has 1 saturated heterocycles. The number of benzene rings is 1. The van der Waals surface area contributed by atoms with Gasteiger partial charge in [0.1, 0.15) is 17.2 Å². The molecule has 2 aromatic heterocycles. The van der Waals surface area contributed by atoms with Crippen LogP contribution in [-0.4, -0.2) is 38.6 Å². The molecule has 6 nitrogen and oxygen atoms in total. The summed E-state index contributed by atoms with van der Waals surface area (Å²) in [6, 6.07) is 9.96. The van der Waals surface area contributed by atoms with Crippen molar-refractivity contribution in [3.8, 4) is 0 Å². The smallest absolute Gasteiger partial charge is 0.321 e. The molecule has 2 amide bonds. The fourth-order valence-electron chi connectivity index (χ4n) is 3.97. The van der Waals surface area contributed by atoms with Gasteiger partial charge in [0.05, 0.1) is 0 Å².